The first-order valence-electron chi connectivity index (χ1n) is 14.7. The first-order valence-corrected chi connectivity index (χ1v) is 15.5. The zero-order valence-corrected chi connectivity index (χ0v) is 25.8. The first kappa shape index (κ1) is 31.5. The van der Waals surface area contributed by atoms with Crippen LogP contribution in [-0.2, 0) is 33.7 Å². The highest BCUT2D eigenvalue weighted by molar-refractivity contribution is 7.22. The van der Waals surface area contributed by atoms with Gasteiger partial charge >= 0.3 is 0 Å². The number of nitrogens with zero attached hydrogens (tertiary/aromatic N) is 2. The zero-order chi connectivity index (χ0) is 30.7. The van der Waals surface area contributed by atoms with Crippen LogP contribution in [0.3, 0.4) is 0 Å². The van der Waals surface area contributed by atoms with Crippen LogP contribution in [0, 0.1) is 12.7 Å². The number of nitrogens with one attached hydrogen (secondary N) is 1. The Labute approximate surface area is 260 Å². The Kier molecular flexibility index (Phi) is 11.2. The number of halogens is 1. The van der Waals surface area contributed by atoms with E-state index in [0.717, 1.165) is 46.8 Å². The maximum absolute atomic E-state index is 15.0. The third-order valence-corrected chi connectivity index (χ3v) is 7.95. The normalized spacial score (nSPS) is 11.3. The molecule has 1 N–H and O–H groups in total. The molecule has 0 aliphatic heterocycles. The second-order valence-corrected chi connectivity index (χ2v) is 11.5. The summed E-state index contributed by atoms with van der Waals surface area (Å²) in [5.74, 6) is 0.641. The van der Waals surface area contributed by atoms with Crippen molar-refractivity contribution in [2.45, 2.75) is 39.7 Å². The molecule has 0 fully saturated rings. The molecule has 5 aromatic rings. The van der Waals surface area contributed by atoms with Gasteiger partial charge in [-0.2, -0.15) is 0 Å². The molecule has 44 heavy (non-hydrogen) atoms. The molecule has 0 saturated carbocycles. The van der Waals surface area contributed by atoms with Crippen molar-refractivity contribution in [1.82, 2.24) is 15.5 Å². The van der Waals surface area contributed by atoms with Crippen molar-refractivity contribution in [3.8, 4) is 21.9 Å². The van der Waals surface area contributed by atoms with Gasteiger partial charge in [-0.25, -0.2) is 4.39 Å². The van der Waals surface area contributed by atoms with Gasteiger partial charge in [0, 0.05) is 49.3 Å². The number of thiophene rings is 1. The fourth-order valence-corrected chi connectivity index (χ4v) is 5.69. The molecule has 0 atom stereocenters. The molecular formula is C34H36FN3O5S. The van der Waals surface area contributed by atoms with E-state index in [1.54, 1.807) is 48.7 Å². The summed E-state index contributed by atoms with van der Waals surface area (Å²) >= 11 is 1.55. The van der Waals surface area contributed by atoms with E-state index in [1.807, 2.05) is 6.07 Å². The Morgan fingerprint density at radius 1 is 0.932 bits per heavy atom. The number of pyridine rings is 1. The smallest absolute Gasteiger partial charge is 0.166 e. The van der Waals surface area contributed by atoms with Gasteiger partial charge in [-0.3, -0.25) is 9.78 Å². The molecular weight excluding hydrogens is 581 g/mol. The summed E-state index contributed by atoms with van der Waals surface area (Å²) in [5.41, 5.74) is 4.16. The second-order valence-electron chi connectivity index (χ2n) is 10.4. The van der Waals surface area contributed by atoms with E-state index in [1.165, 1.54) is 11.6 Å². The monoisotopic (exact) mass is 617 g/mol. The molecule has 10 heteroatoms. The van der Waals surface area contributed by atoms with Crippen LogP contribution >= 0.6 is 11.3 Å². The van der Waals surface area contributed by atoms with Crippen molar-refractivity contribution < 1.29 is 27.9 Å². The molecule has 0 radical (unpaired) electrons. The van der Waals surface area contributed by atoms with Crippen LogP contribution < -0.4 is 10.1 Å². The number of carbonyl (C=O) groups is 1. The molecule has 0 spiro atoms. The highest BCUT2D eigenvalue weighted by Crippen LogP contribution is 2.39. The summed E-state index contributed by atoms with van der Waals surface area (Å²) in [6.07, 6.45) is 2.90. The minimum Gasteiger partial charge on any atom is -0.453 e. The highest BCUT2D eigenvalue weighted by Gasteiger charge is 2.15. The molecule has 3 aromatic heterocycles. The number of aryl methyl sites for hydroxylation is 1. The third kappa shape index (κ3) is 8.79. The maximum atomic E-state index is 15.0. The van der Waals surface area contributed by atoms with E-state index in [-0.39, 0.29) is 24.4 Å². The molecule has 3 heterocycles. The van der Waals surface area contributed by atoms with Gasteiger partial charge in [-0.15, -0.1) is 11.3 Å². The number of hydrogen-bond donors (Lipinski definition) is 1. The lowest BCUT2D eigenvalue weighted by atomic mass is 10.1. The standard InChI is InChI=1S/C34H36FN3O5S/c1-3-13-40-15-16-41-14-12-36-22-24-4-7-26(8-5-24)33-21-30-34(44-33)32(10-11-37-30)42-31-9-6-25(19-29(31)35)18-28(39)20-27-17-23(2)43-38-27/h4-11,17,19,21,36H,3,12-16,18,20,22H2,1-2H3. The zero-order valence-electron chi connectivity index (χ0n) is 24.9. The number of benzene rings is 2. The van der Waals surface area contributed by atoms with Crippen LogP contribution in [0.15, 0.2) is 71.4 Å². The van der Waals surface area contributed by atoms with Gasteiger partial charge in [0.05, 0.1) is 42.2 Å². The Morgan fingerprint density at radius 2 is 1.73 bits per heavy atom. The SMILES string of the molecule is CCCOCCOCCNCc1ccc(-c2cc3nccc(Oc4ccc(CC(=O)Cc5cc(C)on5)cc4F)c3s2)cc1. The van der Waals surface area contributed by atoms with Crippen LogP contribution in [0.4, 0.5) is 4.39 Å². The number of ether oxygens (including phenoxy) is 3. The van der Waals surface area contributed by atoms with Gasteiger partial charge < -0.3 is 24.1 Å². The molecule has 0 saturated heterocycles. The van der Waals surface area contributed by atoms with E-state index in [2.05, 4.69) is 46.6 Å². The Bertz CT molecular complexity index is 1670. The topological polar surface area (TPSA) is 95.7 Å². The molecule has 2 aromatic carbocycles. The largest absolute Gasteiger partial charge is 0.453 e. The average molecular weight is 618 g/mol. The first-order chi connectivity index (χ1) is 21.5. The average Bonchev–Trinajstić information content (AvgIpc) is 3.64. The predicted octanol–water partition coefficient (Wildman–Crippen LogP) is 7.08. The van der Waals surface area contributed by atoms with E-state index >= 15 is 4.39 Å². The minimum atomic E-state index is -0.536. The van der Waals surface area contributed by atoms with Gasteiger partial charge in [-0.05, 0) is 48.2 Å². The molecule has 230 valence electrons. The Hall–Kier alpha value is -3.96. The number of ketones is 1. The van der Waals surface area contributed by atoms with E-state index in [4.69, 9.17) is 18.7 Å². The van der Waals surface area contributed by atoms with Crippen molar-refractivity contribution in [2.24, 2.45) is 0 Å². The van der Waals surface area contributed by atoms with E-state index in [9.17, 15) is 4.79 Å². The van der Waals surface area contributed by atoms with Crippen molar-refractivity contribution in [3.63, 3.8) is 0 Å². The number of Topliss-reactive ketones (excluding diaryl/α,β-unsaturated/α-hetero) is 1. The number of fused-ring (bicyclic) bond motifs is 1. The van der Waals surface area contributed by atoms with Gasteiger partial charge in [0.1, 0.15) is 17.3 Å². The van der Waals surface area contributed by atoms with Crippen molar-refractivity contribution in [2.75, 3.05) is 33.0 Å². The van der Waals surface area contributed by atoms with Gasteiger partial charge in [0.15, 0.2) is 11.6 Å². The van der Waals surface area contributed by atoms with Gasteiger partial charge in [-0.1, -0.05) is 42.4 Å². The minimum absolute atomic E-state index is 0.0772. The Balaban J connectivity index is 1.16. The fourth-order valence-electron chi connectivity index (χ4n) is 4.62. The fraction of sp³-hybridized carbons (Fsp3) is 0.324. The van der Waals surface area contributed by atoms with Gasteiger partial charge in [0.2, 0.25) is 0 Å². The third-order valence-electron chi connectivity index (χ3n) is 6.76. The lowest BCUT2D eigenvalue weighted by Gasteiger charge is -2.09. The van der Waals surface area contributed by atoms with Gasteiger partial charge in [0.25, 0.3) is 0 Å². The summed E-state index contributed by atoms with van der Waals surface area (Å²) in [6.45, 7) is 8.05. The summed E-state index contributed by atoms with van der Waals surface area (Å²) < 4.78 is 37.9. The molecule has 0 amide bonds. The number of carbonyl (C=O) groups excluding carboxylic acids is 1. The van der Waals surface area contributed by atoms with Crippen LogP contribution in [0.2, 0.25) is 0 Å². The predicted molar refractivity (Wildman–Crippen MR) is 169 cm³/mol. The summed E-state index contributed by atoms with van der Waals surface area (Å²) in [7, 11) is 0. The van der Waals surface area contributed by atoms with E-state index < -0.39 is 5.82 Å². The molecule has 0 aliphatic rings. The summed E-state index contributed by atoms with van der Waals surface area (Å²) in [6, 6.07) is 18.5. The molecule has 0 aliphatic carbocycles. The quantitative estimate of drug-likeness (QED) is 0.111. The summed E-state index contributed by atoms with van der Waals surface area (Å²) in [4.78, 5) is 18.0. The van der Waals surface area contributed by atoms with Crippen LogP contribution in [0.1, 0.15) is 35.9 Å². The number of hydrogen-bond acceptors (Lipinski definition) is 9. The molecule has 8 nitrogen and oxygen atoms in total. The second kappa shape index (κ2) is 15.7. The molecule has 0 bridgehead atoms. The van der Waals surface area contributed by atoms with Crippen molar-refractivity contribution in [1.29, 1.82) is 0 Å². The summed E-state index contributed by atoms with van der Waals surface area (Å²) in [5, 5.41) is 7.25. The van der Waals surface area contributed by atoms with Crippen molar-refractivity contribution >= 4 is 27.3 Å². The molecule has 0 unspecified atom stereocenters. The Morgan fingerprint density at radius 3 is 2.48 bits per heavy atom. The van der Waals surface area contributed by atoms with Crippen LogP contribution in [0.25, 0.3) is 20.7 Å². The highest BCUT2D eigenvalue weighted by atomic mass is 32.1. The van der Waals surface area contributed by atoms with Crippen LogP contribution in [0.5, 0.6) is 11.5 Å². The van der Waals surface area contributed by atoms with Crippen molar-refractivity contribution in [3.05, 3.63) is 95.3 Å². The lowest BCUT2D eigenvalue weighted by molar-refractivity contribution is -0.117. The maximum Gasteiger partial charge on any atom is 0.166 e. The number of aromatic nitrogens is 2. The van der Waals surface area contributed by atoms with Crippen LogP contribution in [-0.4, -0.2) is 48.9 Å². The lowest BCUT2D eigenvalue weighted by Crippen LogP contribution is -2.20. The number of rotatable bonds is 17. The van der Waals surface area contributed by atoms with E-state index in [0.29, 0.717) is 42.6 Å². The molecule has 5 rings (SSSR count).